The summed E-state index contributed by atoms with van der Waals surface area (Å²) in [6, 6.07) is 9.04. The number of aromatic nitrogens is 1. The fourth-order valence-electron chi connectivity index (χ4n) is 6.41. The molecule has 1 N–H and O–H groups in total. The molecule has 9 nitrogen and oxygen atoms in total. The molecule has 9 heteroatoms. The maximum atomic E-state index is 12.3. The Morgan fingerprint density at radius 2 is 1.88 bits per heavy atom. The van der Waals surface area contributed by atoms with Crippen molar-refractivity contribution in [1.29, 1.82) is 5.26 Å². The molecule has 0 atom stereocenters. The van der Waals surface area contributed by atoms with Crippen molar-refractivity contribution in [1.82, 2.24) is 14.8 Å². The number of hydrogen-bond donors (Lipinski definition) is 1. The highest BCUT2D eigenvalue weighted by molar-refractivity contribution is 5.73. The van der Waals surface area contributed by atoms with Gasteiger partial charge in [0, 0.05) is 44.1 Å². The standard InChI is InChI=1S/C31H39N5O4/c1-31(2,3)40-30(37)36-17-24(18-36)35-10-5-20(6-11-35)22-14-23(16-32)28-27(15-22)34-29-26(19-39-28)25(4-9-33-29)21-7-12-38-13-8-21/h4,9,14-15,20-21,24H,5-8,10-13,17-19H2,1-3H3,(H,33,34). The highest BCUT2D eigenvalue weighted by atomic mass is 16.6. The maximum Gasteiger partial charge on any atom is 0.410 e. The van der Waals surface area contributed by atoms with Crippen LogP contribution >= 0.6 is 0 Å². The molecular weight excluding hydrogens is 506 g/mol. The summed E-state index contributed by atoms with van der Waals surface area (Å²) >= 11 is 0. The van der Waals surface area contributed by atoms with Gasteiger partial charge < -0.3 is 24.4 Å². The number of benzene rings is 1. The van der Waals surface area contributed by atoms with Crippen molar-refractivity contribution >= 4 is 17.6 Å². The number of hydrogen-bond acceptors (Lipinski definition) is 8. The van der Waals surface area contributed by atoms with Crippen LogP contribution in [0.4, 0.5) is 16.3 Å². The van der Waals surface area contributed by atoms with Gasteiger partial charge in [-0.25, -0.2) is 9.78 Å². The van der Waals surface area contributed by atoms with Crippen molar-refractivity contribution in [3.05, 3.63) is 46.6 Å². The third kappa shape index (κ3) is 5.48. The van der Waals surface area contributed by atoms with Gasteiger partial charge >= 0.3 is 6.09 Å². The Labute approximate surface area is 236 Å². The predicted octanol–water partition coefficient (Wildman–Crippen LogP) is 5.28. The van der Waals surface area contributed by atoms with Gasteiger partial charge in [0.2, 0.25) is 0 Å². The van der Waals surface area contributed by atoms with E-state index in [-0.39, 0.29) is 6.09 Å². The first-order valence-electron chi connectivity index (χ1n) is 14.5. The van der Waals surface area contributed by atoms with E-state index in [2.05, 4.69) is 33.4 Å². The van der Waals surface area contributed by atoms with Crippen LogP contribution in [0.25, 0.3) is 0 Å². The quantitative estimate of drug-likeness (QED) is 0.556. The summed E-state index contributed by atoms with van der Waals surface area (Å²) in [5.74, 6) is 2.22. The normalized spacial score (nSPS) is 20.7. The van der Waals surface area contributed by atoms with Crippen LogP contribution in [0.3, 0.4) is 0 Å². The number of amides is 1. The fourth-order valence-corrected chi connectivity index (χ4v) is 6.41. The molecule has 3 fully saturated rings. The molecule has 0 unspecified atom stereocenters. The third-order valence-electron chi connectivity index (χ3n) is 8.63. The molecule has 1 amide bonds. The molecule has 5 heterocycles. The van der Waals surface area contributed by atoms with Crippen LogP contribution in [0.15, 0.2) is 24.4 Å². The summed E-state index contributed by atoms with van der Waals surface area (Å²) in [6.45, 7) is 11.0. The van der Waals surface area contributed by atoms with Crippen LogP contribution in [0, 0.1) is 11.3 Å². The van der Waals surface area contributed by atoms with Crippen molar-refractivity contribution in [3.63, 3.8) is 0 Å². The van der Waals surface area contributed by atoms with Gasteiger partial charge in [-0.1, -0.05) is 0 Å². The van der Waals surface area contributed by atoms with Gasteiger partial charge in [-0.05, 0) is 101 Å². The average Bonchev–Trinajstić information content (AvgIpc) is 3.11. The second-order valence-electron chi connectivity index (χ2n) is 12.4. The minimum Gasteiger partial charge on any atom is -0.485 e. The largest absolute Gasteiger partial charge is 0.485 e. The van der Waals surface area contributed by atoms with Gasteiger partial charge in [0.15, 0.2) is 5.75 Å². The second kappa shape index (κ2) is 10.9. The number of nitriles is 1. The zero-order valence-electron chi connectivity index (χ0n) is 23.7. The highest BCUT2D eigenvalue weighted by Crippen LogP contribution is 2.42. The third-order valence-corrected chi connectivity index (χ3v) is 8.63. The number of carbonyl (C=O) groups is 1. The number of anilines is 2. The molecule has 0 saturated carbocycles. The molecule has 3 saturated heterocycles. The number of rotatable bonds is 3. The lowest BCUT2D eigenvalue weighted by Gasteiger charge is -2.47. The molecule has 40 heavy (non-hydrogen) atoms. The summed E-state index contributed by atoms with van der Waals surface area (Å²) < 4.78 is 17.4. The molecule has 6 rings (SSSR count). The van der Waals surface area contributed by atoms with Gasteiger partial charge in [-0.3, -0.25) is 4.90 Å². The lowest BCUT2D eigenvalue weighted by molar-refractivity contribution is -0.0196. The molecule has 0 radical (unpaired) electrons. The molecule has 1 aromatic carbocycles. The Balaban J connectivity index is 1.13. The van der Waals surface area contributed by atoms with Crippen molar-refractivity contribution in [2.24, 2.45) is 0 Å². The Morgan fingerprint density at radius 1 is 1.12 bits per heavy atom. The van der Waals surface area contributed by atoms with Crippen LogP contribution in [0.5, 0.6) is 5.75 Å². The van der Waals surface area contributed by atoms with E-state index in [0.29, 0.717) is 35.8 Å². The first-order valence-corrected chi connectivity index (χ1v) is 14.5. The number of ether oxygens (including phenoxy) is 3. The van der Waals surface area contributed by atoms with Crippen LogP contribution < -0.4 is 10.1 Å². The van der Waals surface area contributed by atoms with E-state index < -0.39 is 5.60 Å². The number of carbonyl (C=O) groups excluding carboxylic acids is 1. The van der Waals surface area contributed by atoms with E-state index in [1.54, 1.807) is 4.90 Å². The van der Waals surface area contributed by atoms with Crippen molar-refractivity contribution in [2.75, 3.05) is 44.7 Å². The van der Waals surface area contributed by atoms with Gasteiger partial charge in [0.25, 0.3) is 0 Å². The molecule has 0 aliphatic carbocycles. The topological polar surface area (TPSA) is 100.0 Å². The number of piperidine rings is 1. The number of pyridine rings is 1. The Bertz CT molecular complexity index is 1300. The Hall–Kier alpha value is -3.35. The first kappa shape index (κ1) is 26.9. The SMILES string of the molecule is CC(C)(C)OC(=O)N1CC(N2CCC(c3cc(C#N)c4c(c3)Nc3nccc(C5CCOCC5)c3CO4)CC2)C1. The fraction of sp³-hybridized carbons (Fsp3) is 0.581. The number of nitrogens with one attached hydrogen (secondary N) is 1. The monoisotopic (exact) mass is 545 g/mol. The number of fused-ring (bicyclic) bond motifs is 2. The van der Waals surface area contributed by atoms with Gasteiger partial charge in [-0.15, -0.1) is 0 Å². The van der Waals surface area contributed by atoms with Crippen LogP contribution in [-0.2, 0) is 16.1 Å². The Kier molecular flexibility index (Phi) is 7.32. The van der Waals surface area contributed by atoms with Crippen LogP contribution in [0.1, 0.15) is 80.5 Å². The van der Waals surface area contributed by atoms with Crippen molar-refractivity contribution in [2.45, 2.75) is 76.5 Å². The minimum atomic E-state index is -0.470. The average molecular weight is 546 g/mol. The smallest absolute Gasteiger partial charge is 0.410 e. The zero-order chi connectivity index (χ0) is 27.9. The predicted molar refractivity (Wildman–Crippen MR) is 151 cm³/mol. The molecule has 1 aromatic heterocycles. The van der Waals surface area contributed by atoms with Crippen molar-refractivity contribution in [3.8, 4) is 11.8 Å². The number of nitrogens with zero attached hydrogens (tertiary/aromatic N) is 4. The molecular formula is C31H39N5O4. The second-order valence-corrected chi connectivity index (χ2v) is 12.4. The molecule has 4 aliphatic rings. The Morgan fingerprint density at radius 3 is 2.58 bits per heavy atom. The summed E-state index contributed by atoms with van der Waals surface area (Å²) in [4.78, 5) is 21.3. The van der Waals surface area contributed by atoms with Crippen LogP contribution in [-0.4, -0.2) is 71.9 Å². The van der Waals surface area contributed by atoms with Gasteiger partial charge in [0.05, 0.1) is 11.3 Å². The van der Waals surface area contributed by atoms with E-state index in [4.69, 9.17) is 14.2 Å². The molecule has 212 valence electrons. The maximum absolute atomic E-state index is 12.3. The van der Waals surface area contributed by atoms with Gasteiger partial charge in [-0.2, -0.15) is 5.26 Å². The number of likely N-dealkylation sites (tertiary alicyclic amines) is 2. The van der Waals surface area contributed by atoms with E-state index in [1.807, 2.05) is 33.0 Å². The molecule has 0 bridgehead atoms. The summed E-state index contributed by atoms with van der Waals surface area (Å²) in [5, 5.41) is 13.6. The van der Waals surface area contributed by atoms with Gasteiger partial charge in [0.1, 0.15) is 24.1 Å². The lowest BCUT2D eigenvalue weighted by atomic mass is 9.87. The summed E-state index contributed by atoms with van der Waals surface area (Å²) in [7, 11) is 0. The van der Waals surface area contributed by atoms with E-state index in [9.17, 15) is 10.1 Å². The van der Waals surface area contributed by atoms with Crippen LogP contribution in [0.2, 0.25) is 0 Å². The highest BCUT2D eigenvalue weighted by Gasteiger charge is 2.38. The zero-order valence-corrected chi connectivity index (χ0v) is 23.7. The van der Waals surface area contributed by atoms with E-state index in [0.717, 1.165) is 82.1 Å². The molecule has 0 spiro atoms. The molecule has 4 aliphatic heterocycles. The first-order chi connectivity index (χ1) is 19.3. The van der Waals surface area contributed by atoms with E-state index in [1.165, 1.54) is 11.1 Å². The van der Waals surface area contributed by atoms with E-state index >= 15 is 0 Å². The van der Waals surface area contributed by atoms with Crippen molar-refractivity contribution < 1.29 is 19.0 Å². The summed E-state index contributed by atoms with van der Waals surface area (Å²) in [6.07, 6.45) is 5.66. The molecule has 2 aromatic rings. The summed E-state index contributed by atoms with van der Waals surface area (Å²) in [5.41, 5.74) is 4.42. The lowest BCUT2D eigenvalue weighted by Crippen LogP contribution is -2.62. The minimum absolute atomic E-state index is 0.224.